The number of piperidine rings is 1. The summed E-state index contributed by atoms with van der Waals surface area (Å²) < 4.78 is 27.1. The van der Waals surface area contributed by atoms with Crippen LogP contribution in [0, 0.1) is 12.7 Å². The fraction of sp³-hybridized carbons (Fsp3) is 0.447. The molecule has 1 atom stereocenters. The number of aromatic nitrogens is 2. The highest BCUT2D eigenvalue weighted by Crippen LogP contribution is 2.40. The highest BCUT2D eigenvalue weighted by molar-refractivity contribution is 6.01. The van der Waals surface area contributed by atoms with Crippen molar-refractivity contribution in [2.24, 2.45) is 0 Å². The molecule has 63 heavy (non-hydrogen) atoms. The van der Waals surface area contributed by atoms with Gasteiger partial charge in [0.1, 0.15) is 29.5 Å². The lowest BCUT2D eigenvalue weighted by molar-refractivity contribution is -0.134. The second kappa shape index (κ2) is 17.1. The van der Waals surface area contributed by atoms with Gasteiger partial charge in [0.25, 0.3) is 0 Å². The fourth-order valence-electron chi connectivity index (χ4n) is 9.19. The third-order valence-corrected chi connectivity index (χ3v) is 12.7. The third kappa shape index (κ3) is 8.99. The zero-order valence-electron chi connectivity index (χ0n) is 36.3. The lowest BCUT2D eigenvalue weighted by atomic mass is 9.90. The second-order valence-electron chi connectivity index (χ2n) is 18.1. The summed E-state index contributed by atoms with van der Waals surface area (Å²) in [6.45, 7) is 13.9. The van der Waals surface area contributed by atoms with E-state index in [0.717, 1.165) is 72.9 Å². The van der Waals surface area contributed by atoms with Crippen LogP contribution in [0.5, 0.6) is 5.88 Å². The average Bonchev–Trinajstić information content (AvgIpc) is 3.24. The summed E-state index contributed by atoms with van der Waals surface area (Å²) in [5.41, 5.74) is 6.66. The smallest absolute Gasteiger partial charge is 0.415 e. The van der Waals surface area contributed by atoms with E-state index in [1.807, 2.05) is 69.0 Å². The largest absolute Gasteiger partial charge is 0.474 e. The maximum absolute atomic E-state index is 15.5. The third-order valence-electron chi connectivity index (χ3n) is 12.7. The Labute approximate surface area is 366 Å². The van der Waals surface area contributed by atoms with Crippen molar-refractivity contribution >= 4 is 52.4 Å². The Kier molecular flexibility index (Phi) is 11.4. The Balaban J connectivity index is 0.761. The second-order valence-corrected chi connectivity index (χ2v) is 18.1. The SMILES string of the molecule is Cc1c(N2CCc3ccc(Nc4ccc(CC(=O)N5CCN(C6CN(c7ccc(C8CCC(=O)NC8=O)cc7)C6)CC5)c(F)c4)nc3C2)cnc2c1N(C(=O)OC(C)(C)C)CCO2. The van der Waals surface area contributed by atoms with E-state index in [1.165, 1.54) is 6.07 Å². The number of nitrogens with one attached hydrogen (secondary N) is 2. The number of ether oxygens (including phenoxy) is 2. The van der Waals surface area contributed by atoms with E-state index < -0.39 is 17.5 Å². The van der Waals surface area contributed by atoms with E-state index in [0.29, 0.717) is 80.3 Å². The fourth-order valence-corrected chi connectivity index (χ4v) is 9.19. The number of imide groups is 1. The molecule has 0 bridgehead atoms. The molecule has 0 saturated carbocycles. The normalized spacial score (nSPS) is 19.4. The number of hydrogen-bond donors (Lipinski definition) is 2. The molecular formula is C47H54FN9O6. The van der Waals surface area contributed by atoms with Crippen molar-refractivity contribution < 1.29 is 33.0 Å². The molecule has 4 amide bonds. The van der Waals surface area contributed by atoms with Crippen LogP contribution in [0.3, 0.4) is 0 Å². The molecule has 4 aromatic rings. The summed E-state index contributed by atoms with van der Waals surface area (Å²) in [5, 5.41) is 5.69. The molecule has 3 saturated heterocycles. The summed E-state index contributed by atoms with van der Waals surface area (Å²) in [6.07, 6.45) is 3.00. The first-order valence-corrected chi connectivity index (χ1v) is 21.9. The number of halogens is 1. The number of hydrogen-bond acceptors (Lipinski definition) is 12. The van der Waals surface area contributed by atoms with Crippen molar-refractivity contribution in [2.75, 3.05) is 79.0 Å². The Morgan fingerprint density at radius 1 is 0.952 bits per heavy atom. The molecule has 3 fully saturated rings. The lowest BCUT2D eigenvalue weighted by Gasteiger charge is -2.49. The van der Waals surface area contributed by atoms with Crippen molar-refractivity contribution in [3.8, 4) is 5.88 Å². The van der Waals surface area contributed by atoms with Gasteiger partial charge in [-0.3, -0.25) is 29.5 Å². The molecule has 0 spiro atoms. The van der Waals surface area contributed by atoms with Crippen LogP contribution >= 0.6 is 0 Å². The minimum atomic E-state index is -0.643. The van der Waals surface area contributed by atoms with Crippen LogP contribution in [-0.4, -0.2) is 114 Å². The quantitative estimate of drug-likeness (QED) is 0.217. The summed E-state index contributed by atoms with van der Waals surface area (Å²) in [5.74, 6) is -0.273. The molecule has 330 valence electrons. The molecule has 7 heterocycles. The molecule has 2 aromatic heterocycles. The Morgan fingerprint density at radius 2 is 1.73 bits per heavy atom. The van der Waals surface area contributed by atoms with E-state index in [1.54, 1.807) is 23.2 Å². The van der Waals surface area contributed by atoms with Crippen LogP contribution in [0.1, 0.15) is 67.5 Å². The molecular weight excluding hydrogens is 806 g/mol. The van der Waals surface area contributed by atoms with E-state index in [4.69, 9.17) is 14.5 Å². The van der Waals surface area contributed by atoms with Gasteiger partial charge in [0.2, 0.25) is 23.6 Å². The number of benzene rings is 2. The predicted octanol–water partition coefficient (Wildman–Crippen LogP) is 5.46. The number of pyridine rings is 2. The maximum atomic E-state index is 15.5. The molecule has 5 aliphatic heterocycles. The number of carbonyl (C=O) groups is 4. The Hall–Kier alpha value is -6.29. The van der Waals surface area contributed by atoms with Crippen LogP contribution in [0.2, 0.25) is 0 Å². The van der Waals surface area contributed by atoms with Gasteiger partial charge in [0.05, 0.1) is 43.0 Å². The van der Waals surface area contributed by atoms with Crippen LogP contribution < -0.4 is 30.1 Å². The molecule has 2 aromatic carbocycles. The van der Waals surface area contributed by atoms with E-state index in [2.05, 4.69) is 30.3 Å². The van der Waals surface area contributed by atoms with Crippen molar-refractivity contribution in [1.29, 1.82) is 0 Å². The topological polar surface area (TPSA) is 153 Å². The van der Waals surface area contributed by atoms with Gasteiger partial charge in [-0.1, -0.05) is 24.3 Å². The number of fused-ring (bicyclic) bond motifs is 2. The van der Waals surface area contributed by atoms with Crippen LogP contribution in [0.4, 0.5) is 37.8 Å². The minimum absolute atomic E-state index is 0.0102. The number of amides is 4. The highest BCUT2D eigenvalue weighted by Gasteiger charge is 2.36. The summed E-state index contributed by atoms with van der Waals surface area (Å²) in [6, 6.07) is 17.3. The Morgan fingerprint density at radius 3 is 2.46 bits per heavy atom. The zero-order valence-corrected chi connectivity index (χ0v) is 36.3. The molecule has 15 nitrogen and oxygen atoms in total. The van der Waals surface area contributed by atoms with Crippen molar-refractivity contribution in [3.05, 3.63) is 94.6 Å². The highest BCUT2D eigenvalue weighted by atomic mass is 19.1. The number of nitrogens with zero attached hydrogens (tertiary/aromatic N) is 7. The summed E-state index contributed by atoms with van der Waals surface area (Å²) in [4.78, 5) is 70.2. The zero-order chi connectivity index (χ0) is 44.0. The Bertz CT molecular complexity index is 2430. The minimum Gasteiger partial charge on any atom is -0.474 e. The monoisotopic (exact) mass is 859 g/mol. The molecule has 1 unspecified atom stereocenters. The van der Waals surface area contributed by atoms with Crippen LogP contribution in [-0.2, 0) is 38.5 Å². The molecule has 16 heteroatoms. The predicted molar refractivity (Wildman–Crippen MR) is 236 cm³/mol. The van der Waals surface area contributed by atoms with E-state index in [9.17, 15) is 19.2 Å². The first kappa shape index (κ1) is 42.0. The van der Waals surface area contributed by atoms with Crippen LogP contribution in [0.25, 0.3) is 0 Å². The van der Waals surface area contributed by atoms with Crippen molar-refractivity contribution in [3.63, 3.8) is 0 Å². The first-order chi connectivity index (χ1) is 30.3. The van der Waals surface area contributed by atoms with Gasteiger partial charge < -0.3 is 29.5 Å². The standard InChI is InChI=1S/C47H54FN9O6/c1-29-39(25-49-45-43(29)57(21-22-62-45)46(61)63-47(2,3)4)55-16-15-31-8-13-40(51-38(31)28-55)50-33-9-5-32(37(48)24-33)23-42(59)54-19-17-53(18-20-54)35-26-56(27-35)34-10-6-30(7-11-34)36-12-14-41(58)52-44(36)60/h5-11,13,24-25,35-36H,12,14-23,26-28H2,1-4H3,(H,50,51)(H,52,58,60). The molecule has 0 aliphatic carbocycles. The van der Waals surface area contributed by atoms with Gasteiger partial charge in [0.15, 0.2) is 0 Å². The van der Waals surface area contributed by atoms with Gasteiger partial charge in [-0.05, 0) is 87.6 Å². The summed E-state index contributed by atoms with van der Waals surface area (Å²) in [7, 11) is 0. The number of rotatable bonds is 8. The van der Waals surface area contributed by atoms with E-state index >= 15 is 4.39 Å². The van der Waals surface area contributed by atoms with Gasteiger partial charge in [0, 0.05) is 75.2 Å². The first-order valence-electron chi connectivity index (χ1n) is 21.9. The average molecular weight is 860 g/mol. The number of piperazine rings is 1. The summed E-state index contributed by atoms with van der Waals surface area (Å²) >= 11 is 0. The molecule has 5 aliphatic rings. The van der Waals surface area contributed by atoms with Crippen LogP contribution in [0.15, 0.2) is 60.8 Å². The maximum Gasteiger partial charge on any atom is 0.415 e. The molecule has 9 rings (SSSR count). The van der Waals surface area contributed by atoms with Gasteiger partial charge in [-0.15, -0.1) is 0 Å². The molecule has 0 radical (unpaired) electrons. The van der Waals surface area contributed by atoms with Crippen molar-refractivity contribution in [1.82, 2.24) is 25.1 Å². The van der Waals surface area contributed by atoms with Gasteiger partial charge in [-0.2, -0.15) is 0 Å². The van der Waals surface area contributed by atoms with E-state index in [-0.39, 0.29) is 30.1 Å². The number of carbonyl (C=O) groups excluding carboxylic acids is 4. The van der Waals surface area contributed by atoms with Gasteiger partial charge in [-0.25, -0.2) is 19.2 Å². The molecule has 2 N–H and O–H groups in total. The van der Waals surface area contributed by atoms with Gasteiger partial charge >= 0.3 is 6.09 Å². The van der Waals surface area contributed by atoms with Crippen molar-refractivity contribution in [2.45, 2.75) is 77.5 Å². The number of anilines is 5. The lowest BCUT2D eigenvalue weighted by Crippen LogP contribution is -2.63.